The van der Waals surface area contributed by atoms with Gasteiger partial charge in [0.1, 0.15) is 0 Å². The molecule has 2 amide bonds. The van der Waals surface area contributed by atoms with Crippen molar-refractivity contribution in [2.24, 2.45) is 0 Å². The summed E-state index contributed by atoms with van der Waals surface area (Å²) >= 11 is 1.62. The lowest BCUT2D eigenvalue weighted by molar-refractivity contribution is -0.114. The fourth-order valence-electron chi connectivity index (χ4n) is 4.47. The zero-order valence-corrected chi connectivity index (χ0v) is 21.8. The summed E-state index contributed by atoms with van der Waals surface area (Å²) in [6.45, 7) is 3.47. The number of nitrogens with zero attached hydrogens (tertiary/aromatic N) is 6. The van der Waals surface area contributed by atoms with Crippen LogP contribution in [0.3, 0.4) is 0 Å². The number of fused-ring (bicyclic) bond motifs is 2. The lowest BCUT2D eigenvalue weighted by atomic mass is 10.1. The van der Waals surface area contributed by atoms with Crippen LogP contribution in [0.1, 0.15) is 15.2 Å². The molecule has 4 N–H and O–H groups in total. The number of amides is 2. The SMILES string of the molecule is CN(Cc1cc2nc(-c3ccc4c(c3)NCC(=O)N4)nc(N3CCOCC3)c2s1)c1ncc(C(=O)NO)cn1. The lowest BCUT2D eigenvalue weighted by Crippen LogP contribution is -2.36. The maximum Gasteiger partial charge on any atom is 0.277 e. The van der Waals surface area contributed by atoms with Crippen LogP contribution >= 0.6 is 11.3 Å². The van der Waals surface area contributed by atoms with E-state index in [0.29, 0.717) is 31.5 Å². The van der Waals surface area contributed by atoms with E-state index in [0.717, 1.165) is 50.9 Å². The number of ether oxygens (including phenoxy) is 1. The van der Waals surface area contributed by atoms with Gasteiger partial charge in [-0.2, -0.15) is 0 Å². The molecule has 0 spiro atoms. The monoisotopic (exact) mass is 547 g/mol. The van der Waals surface area contributed by atoms with Gasteiger partial charge < -0.3 is 25.2 Å². The van der Waals surface area contributed by atoms with E-state index in [1.54, 1.807) is 16.8 Å². The van der Waals surface area contributed by atoms with Crippen LogP contribution < -0.4 is 25.9 Å². The highest BCUT2D eigenvalue weighted by atomic mass is 32.1. The Hall–Kier alpha value is -4.40. The normalized spacial score (nSPS) is 14.9. The van der Waals surface area contributed by atoms with Crippen molar-refractivity contribution < 1.29 is 19.5 Å². The molecule has 1 aromatic carbocycles. The van der Waals surface area contributed by atoms with Gasteiger partial charge in [-0.3, -0.25) is 14.8 Å². The van der Waals surface area contributed by atoms with Gasteiger partial charge in [0.15, 0.2) is 11.6 Å². The van der Waals surface area contributed by atoms with Crippen molar-refractivity contribution in [2.75, 3.05) is 60.3 Å². The van der Waals surface area contributed by atoms with Crippen molar-refractivity contribution in [3.05, 3.63) is 47.1 Å². The van der Waals surface area contributed by atoms with E-state index in [1.165, 1.54) is 12.4 Å². The van der Waals surface area contributed by atoms with Crippen molar-refractivity contribution in [2.45, 2.75) is 6.54 Å². The Morgan fingerprint density at radius 2 is 1.97 bits per heavy atom. The second kappa shape index (κ2) is 10.4. The molecule has 200 valence electrons. The minimum atomic E-state index is -0.668. The minimum Gasteiger partial charge on any atom is -0.378 e. The fraction of sp³-hybridized carbons (Fsp3) is 0.280. The Balaban J connectivity index is 1.34. The van der Waals surface area contributed by atoms with Crippen LogP contribution in [0.15, 0.2) is 36.7 Å². The molecular weight excluding hydrogens is 522 g/mol. The highest BCUT2D eigenvalue weighted by Gasteiger charge is 2.22. The molecule has 1 fully saturated rings. The first kappa shape index (κ1) is 24.9. The Morgan fingerprint density at radius 1 is 1.18 bits per heavy atom. The van der Waals surface area contributed by atoms with Gasteiger partial charge >= 0.3 is 0 Å². The van der Waals surface area contributed by atoms with E-state index >= 15 is 0 Å². The topological polar surface area (TPSA) is 158 Å². The van der Waals surface area contributed by atoms with Crippen LogP contribution in [0.2, 0.25) is 0 Å². The smallest absolute Gasteiger partial charge is 0.277 e. The Labute approximate surface area is 226 Å². The van der Waals surface area contributed by atoms with Crippen molar-refractivity contribution in [1.29, 1.82) is 0 Å². The zero-order chi connectivity index (χ0) is 26.9. The Bertz CT molecular complexity index is 1550. The summed E-state index contributed by atoms with van der Waals surface area (Å²) in [7, 11) is 1.87. The first-order valence-corrected chi connectivity index (χ1v) is 13.1. The van der Waals surface area contributed by atoms with E-state index in [4.69, 9.17) is 19.9 Å². The molecule has 0 saturated carbocycles. The number of benzene rings is 1. The number of aromatic nitrogens is 4. The summed E-state index contributed by atoms with van der Waals surface area (Å²) in [4.78, 5) is 46.8. The maximum absolute atomic E-state index is 11.7. The van der Waals surface area contributed by atoms with E-state index in [-0.39, 0.29) is 18.0 Å². The number of hydroxylamine groups is 1. The van der Waals surface area contributed by atoms with Gasteiger partial charge in [0.2, 0.25) is 11.9 Å². The first-order valence-electron chi connectivity index (χ1n) is 12.3. The van der Waals surface area contributed by atoms with Gasteiger partial charge in [-0.05, 0) is 24.3 Å². The summed E-state index contributed by atoms with van der Waals surface area (Å²) in [5, 5.41) is 14.8. The van der Waals surface area contributed by atoms with E-state index in [9.17, 15) is 9.59 Å². The number of morpholine rings is 1. The molecule has 4 aromatic rings. The third-order valence-electron chi connectivity index (χ3n) is 6.44. The summed E-state index contributed by atoms with van der Waals surface area (Å²) in [5.74, 6) is 1.17. The van der Waals surface area contributed by atoms with Gasteiger partial charge in [-0.1, -0.05) is 0 Å². The molecule has 6 rings (SSSR count). The third kappa shape index (κ3) is 5.04. The average Bonchev–Trinajstić information content (AvgIpc) is 3.38. The molecule has 5 heterocycles. The Morgan fingerprint density at radius 3 is 2.74 bits per heavy atom. The van der Waals surface area contributed by atoms with E-state index in [1.807, 2.05) is 30.1 Å². The van der Waals surface area contributed by atoms with Gasteiger partial charge in [0.25, 0.3) is 5.91 Å². The van der Waals surface area contributed by atoms with Crippen LogP contribution in [0.25, 0.3) is 21.6 Å². The first-order chi connectivity index (χ1) is 19.0. The number of hydrogen-bond acceptors (Lipinski definition) is 12. The second-order valence-corrected chi connectivity index (χ2v) is 10.3. The van der Waals surface area contributed by atoms with Gasteiger partial charge in [0.05, 0.1) is 53.5 Å². The molecule has 0 bridgehead atoms. The molecule has 2 aliphatic rings. The quantitative estimate of drug-likeness (QED) is 0.207. The molecule has 2 aliphatic heterocycles. The molecule has 3 aromatic heterocycles. The number of thiophene rings is 1. The van der Waals surface area contributed by atoms with Crippen LogP contribution in [-0.2, 0) is 16.1 Å². The predicted octanol–water partition coefficient (Wildman–Crippen LogP) is 2.10. The van der Waals surface area contributed by atoms with Gasteiger partial charge in [0, 0.05) is 43.0 Å². The summed E-state index contributed by atoms with van der Waals surface area (Å²) in [6.07, 6.45) is 2.73. The van der Waals surface area contributed by atoms with Gasteiger partial charge in [-0.25, -0.2) is 25.4 Å². The molecule has 0 atom stereocenters. The number of anilines is 4. The van der Waals surface area contributed by atoms with Gasteiger partial charge in [-0.15, -0.1) is 11.3 Å². The molecule has 39 heavy (non-hydrogen) atoms. The maximum atomic E-state index is 11.7. The second-order valence-electron chi connectivity index (χ2n) is 9.13. The van der Waals surface area contributed by atoms with Crippen LogP contribution in [0.4, 0.5) is 23.1 Å². The lowest BCUT2D eigenvalue weighted by Gasteiger charge is -2.28. The Kier molecular flexibility index (Phi) is 6.64. The highest BCUT2D eigenvalue weighted by molar-refractivity contribution is 7.19. The highest BCUT2D eigenvalue weighted by Crippen LogP contribution is 2.36. The van der Waals surface area contributed by atoms with E-state index in [2.05, 4.69) is 31.6 Å². The summed E-state index contributed by atoms with van der Waals surface area (Å²) in [6, 6.07) is 7.78. The third-order valence-corrected chi connectivity index (χ3v) is 7.55. The fourth-order valence-corrected chi connectivity index (χ4v) is 5.64. The zero-order valence-electron chi connectivity index (χ0n) is 21.0. The summed E-state index contributed by atoms with van der Waals surface area (Å²) < 4.78 is 6.56. The number of hydrogen-bond donors (Lipinski definition) is 4. The van der Waals surface area contributed by atoms with Crippen molar-refractivity contribution >= 4 is 56.5 Å². The minimum absolute atomic E-state index is 0.0738. The molecule has 1 saturated heterocycles. The largest absolute Gasteiger partial charge is 0.378 e. The molecule has 0 unspecified atom stereocenters. The van der Waals surface area contributed by atoms with Crippen LogP contribution in [0.5, 0.6) is 0 Å². The number of rotatable bonds is 6. The van der Waals surface area contributed by atoms with E-state index < -0.39 is 5.91 Å². The van der Waals surface area contributed by atoms with Crippen molar-refractivity contribution in [1.82, 2.24) is 25.4 Å². The molecule has 13 nitrogen and oxygen atoms in total. The molecule has 0 radical (unpaired) electrons. The number of nitrogens with one attached hydrogen (secondary N) is 3. The predicted molar refractivity (Wildman–Crippen MR) is 146 cm³/mol. The molecule has 14 heteroatoms. The van der Waals surface area contributed by atoms with Crippen LogP contribution in [0, 0.1) is 0 Å². The van der Waals surface area contributed by atoms with Crippen molar-refractivity contribution in [3.8, 4) is 11.4 Å². The average molecular weight is 548 g/mol. The van der Waals surface area contributed by atoms with Crippen LogP contribution in [-0.4, -0.2) is 76.9 Å². The molecular formula is C25H25N9O4S. The number of carbonyl (C=O) groups excluding carboxylic acids is 2. The summed E-state index contributed by atoms with van der Waals surface area (Å²) in [5.41, 5.74) is 4.99. The number of carbonyl (C=O) groups is 2. The van der Waals surface area contributed by atoms with Crippen molar-refractivity contribution in [3.63, 3.8) is 0 Å². The molecule has 0 aliphatic carbocycles. The standard InChI is InChI=1S/C25H25N9O4S/c1-33(25-27-10-15(11-28-25)24(36)32-37)13-16-9-19-21(39-16)23(34-4-6-38-7-5-34)31-22(30-19)14-2-3-17-18(8-14)26-12-20(35)29-17/h2-3,8-11,26,37H,4-7,12-13H2,1H3,(H,29,35)(H,32,36).